The van der Waals surface area contributed by atoms with Crippen molar-refractivity contribution in [3.05, 3.63) is 36.7 Å². The van der Waals surface area contributed by atoms with Crippen molar-refractivity contribution < 1.29 is 4.79 Å². The van der Waals surface area contributed by atoms with Gasteiger partial charge in [-0.2, -0.15) is 0 Å². The van der Waals surface area contributed by atoms with Gasteiger partial charge in [0, 0.05) is 35.9 Å². The molecule has 0 aliphatic carbocycles. The van der Waals surface area contributed by atoms with Crippen molar-refractivity contribution >= 4 is 35.8 Å². The van der Waals surface area contributed by atoms with Gasteiger partial charge >= 0.3 is 0 Å². The number of anilines is 1. The van der Waals surface area contributed by atoms with Gasteiger partial charge in [-0.25, -0.2) is 4.98 Å². The normalized spacial score (nSPS) is 15.0. The lowest BCUT2D eigenvalue weighted by Crippen LogP contribution is -2.34. The zero-order chi connectivity index (χ0) is 15.4. The van der Waals surface area contributed by atoms with Crippen molar-refractivity contribution in [2.75, 3.05) is 18.4 Å². The molecule has 1 amide bonds. The van der Waals surface area contributed by atoms with E-state index in [4.69, 9.17) is 0 Å². The first kappa shape index (κ1) is 17.8. The maximum Gasteiger partial charge on any atom is 0.227 e. The van der Waals surface area contributed by atoms with Crippen molar-refractivity contribution in [1.29, 1.82) is 0 Å². The van der Waals surface area contributed by atoms with Gasteiger partial charge < -0.3 is 15.2 Å². The van der Waals surface area contributed by atoms with Gasteiger partial charge in [0.2, 0.25) is 5.91 Å². The summed E-state index contributed by atoms with van der Waals surface area (Å²) in [5.41, 5.74) is 0.854. The van der Waals surface area contributed by atoms with Crippen molar-refractivity contribution in [3.8, 4) is 0 Å². The van der Waals surface area contributed by atoms with E-state index < -0.39 is 0 Å². The standard InChI is InChI=1S/C16H20N4OS.ClH/c1-20-11-10-18-16(20)22-14-4-2-13(3-5-14)19-15(21)12-6-8-17-9-7-12;/h2-5,10-12,17H,6-9H2,1H3,(H,19,21);1H. The number of halogens is 1. The molecule has 2 N–H and O–H groups in total. The van der Waals surface area contributed by atoms with E-state index in [0.29, 0.717) is 0 Å². The van der Waals surface area contributed by atoms with E-state index in [9.17, 15) is 4.79 Å². The monoisotopic (exact) mass is 352 g/mol. The number of carbonyl (C=O) groups excluding carboxylic acids is 1. The Morgan fingerprint density at radius 3 is 2.61 bits per heavy atom. The van der Waals surface area contributed by atoms with Crippen LogP contribution in [0, 0.1) is 5.92 Å². The van der Waals surface area contributed by atoms with Crippen molar-refractivity contribution in [2.24, 2.45) is 13.0 Å². The number of benzene rings is 1. The van der Waals surface area contributed by atoms with E-state index in [0.717, 1.165) is 41.7 Å². The van der Waals surface area contributed by atoms with Crippen molar-refractivity contribution in [3.63, 3.8) is 0 Å². The lowest BCUT2D eigenvalue weighted by molar-refractivity contribution is -0.120. The molecule has 3 rings (SSSR count). The minimum absolute atomic E-state index is 0. The Balaban J connectivity index is 0.00000192. The van der Waals surface area contributed by atoms with Crippen LogP contribution in [0.1, 0.15) is 12.8 Å². The van der Waals surface area contributed by atoms with Crippen LogP contribution in [0.2, 0.25) is 0 Å². The number of nitrogens with zero attached hydrogens (tertiary/aromatic N) is 2. The highest BCUT2D eigenvalue weighted by molar-refractivity contribution is 7.99. The second-order valence-corrected chi connectivity index (χ2v) is 6.50. The van der Waals surface area contributed by atoms with E-state index in [-0.39, 0.29) is 24.2 Å². The Kier molecular flexibility index (Phi) is 6.50. The number of hydrogen-bond acceptors (Lipinski definition) is 4. The zero-order valence-corrected chi connectivity index (χ0v) is 14.6. The van der Waals surface area contributed by atoms with Crippen LogP contribution in [0.4, 0.5) is 5.69 Å². The van der Waals surface area contributed by atoms with Gasteiger partial charge in [-0.1, -0.05) is 11.8 Å². The summed E-state index contributed by atoms with van der Waals surface area (Å²) in [5.74, 6) is 0.258. The van der Waals surface area contributed by atoms with Crippen molar-refractivity contribution in [1.82, 2.24) is 14.9 Å². The molecule has 2 heterocycles. The summed E-state index contributed by atoms with van der Waals surface area (Å²) in [6, 6.07) is 7.92. The third-order valence-corrected chi connectivity index (χ3v) is 4.90. The lowest BCUT2D eigenvalue weighted by atomic mass is 9.97. The number of imidazole rings is 1. The number of aryl methyl sites for hydroxylation is 1. The fourth-order valence-electron chi connectivity index (χ4n) is 2.49. The fraction of sp³-hybridized carbons (Fsp3) is 0.375. The summed E-state index contributed by atoms with van der Waals surface area (Å²) in [6.45, 7) is 1.86. The Morgan fingerprint density at radius 1 is 1.30 bits per heavy atom. The number of piperidine rings is 1. The van der Waals surface area contributed by atoms with Crippen LogP contribution in [0.5, 0.6) is 0 Å². The van der Waals surface area contributed by atoms with E-state index in [2.05, 4.69) is 15.6 Å². The third kappa shape index (κ3) is 4.73. The highest BCUT2D eigenvalue weighted by Gasteiger charge is 2.20. The van der Waals surface area contributed by atoms with Crippen molar-refractivity contribution in [2.45, 2.75) is 22.9 Å². The number of nitrogens with one attached hydrogen (secondary N) is 2. The van der Waals surface area contributed by atoms with Crippen LogP contribution < -0.4 is 10.6 Å². The molecule has 1 aliphatic heterocycles. The molecule has 0 atom stereocenters. The number of carbonyl (C=O) groups is 1. The fourth-order valence-corrected chi connectivity index (χ4v) is 3.29. The van der Waals surface area contributed by atoms with E-state index in [1.165, 1.54) is 0 Å². The molecule has 1 saturated heterocycles. The molecular formula is C16H21ClN4OS. The minimum Gasteiger partial charge on any atom is -0.329 e. The molecule has 23 heavy (non-hydrogen) atoms. The Labute approximate surface area is 146 Å². The lowest BCUT2D eigenvalue weighted by Gasteiger charge is -2.21. The molecule has 0 saturated carbocycles. The van der Waals surface area contributed by atoms with Gasteiger partial charge in [-0.05, 0) is 50.2 Å². The number of rotatable bonds is 4. The maximum atomic E-state index is 12.2. The molecule has 2 aromatic rings. The van der Waals surface area contributed by atoms with Crippen LogP contribution in [0.25, 0.3) is 0 Å². The van der Waals surface area contributed by atoms with E-state index in [1.807, 2.05) is 42.1 Å². The molecular weight excluding hydrogens is 332 g/mol. The average molecular weight is 353 g/mol. The van der Waals surface area contributed by atoms with E-state index >= 15 is 0 Å². The number of aromatic nitrogens is 2. The van der Waals surface area contributed by atoms with E-state index in [1.54, 1.807) is 18.0 Å². The predicted octanol–water partition coefficient (Wildman–Crippen LogP) is 2.93. The molecule has 0 bridgehead atoms. The highest BCUT2D eigenvalue weighted by Crippen LogP contribution is 2.27. The van der Waals surface area contributed by atoms with Crippen LogP contribution in [-0.2, 0) is 11.8 Å². The van der Waals surface area contributed by atoms with Gasteiger partial charge in [0.1, 0.15) is 0 Å². The Hall–Kier alpha value is -1.50. The summed E-state index contributed by atoms with van der Waals surface area (Å²) < 4.78 is 1.98. The van der Waals surface area contributed by atoms with Gasteiger partial charge in [0.15, 0.2) is 5.16 Å². The smallest absolute Gasteiger partial charge is 0.227 e. The molecule has 1 fully saturated rings. The van der Waals surface area contributed by atoms with Gasteiger partial charge in [0.25, 0.3) is 0 Å². The predicted molar refractivity (Wildman–Crippen MR) is 95.2 cm³/mol. The number of hydrogen-bond donors (Lipinski definition) is 2. The molecule has 0 spiro atoms. The first-order valence-electron chi connectivity index (χ1n) is 7.49. The molecule has 0 radical (unpaired) electrons. The second kappa shape index (κ2) is 8.38. The Bertz CT molecular complexity index is 638. The summed E-state index contributed by atoms with van der Waals surface area (Å²) >= 11 is 1.61. The first-order chi connectivity index (χ1) is 10.7. The first-order valence-corrected chi connectivity index (χ1v) is 8.31. The molecule has 1 aromatic carbocycles. The molecule has 1 aliphatic rings. The summed E-state index contributed by atoms with van der Waals surface area (Å²) in [5, 5.41) is 7.24. The molecule has 1 aromatic heterocycles. The van der Waals surface area contributed by atoms with Gasteiger partial charge in [-0.15, -0.1) is 12.4 Å². The molecule has 124 valence electrons. The summed E-state index contributed by atoms with van der Waals surface area (Å²) in [4.78, 5) is 17.6. The average Bonchev–Trinajstić information content (AvgIpc) is 2.95. The third-order valence-electron chi connectivity index (χ3n) is 3.82. The van der Waals surface area contributed by atoms with Gasteiger partial charge in [-0.3, -0.25) is 4.79 Å². The summed E-state index contributed by atoms with van der Waals surface area (Å²) in [6.07, 6.45) is 5.55. The van der Waals surface area contributed by atoms with Crippen LogP contribution in [0.3, 0.4) is 0 Å². The summed E-state index contributed by atoms with van der Waals surface area (Å²) in [7, 11) is 1.98. The quantitative estimate of drug-likeness (QED) is 0.888. The largest absolute Gasteiger partial charge is 0.329 e. The van der Waals surface area contributed by atoms with Crippen LogP contribution in [0.15, 0.2) is 46.7 Å². The van der Waals surface area contributed by atoms with Gasteiger partial charge in [0.05, 0.1) is 0 Å². The second-order valence-electron chi connectivity index (χ2n) is 5.46. The Morgan fingerprint density at radius 2 is 2.00 bits per heavy atom. The molecule has 0 unspecified atom stereocenters. The molecule has 7 heteroatoms. The highest BCUT2D eigenvalue weighted by atomic mass is 35.5. The maximum absolute atomic E-state index is 12.2. The minimum atomic E-state index is 0. The zero-order valence-electron chi connectivity index (χ0n) is 13.0. The SMILES string of the molecule is Cl.Cn1ccnc1Sc1ccc(NC(=O)C2CCNCC2)cc1. The van der Waals surface area contributed by atoms with Crippen LogP contribution in [-0.4, -0.2) is 28.5 Å². The molecule has 5 nitrogen and oxygen atoms in total. The van der Waals surface area contributed by atoms with Crippen LogP contribution >= 0.6 is 24.2 Å². The topological polar surface area (TPSA) is 59.0 Å². The number of amides is 1.